The van der Waals surface area contributed by atoms with Gasteiger partial charge in [0.2, 0.25) is 0 Å². The lowest BCUT2D eigenvalue weighted by molar-refractivity contribution is -0.346. The van der Waals surface area contributed by atoms with Crippen LogP contribution in [-0.2, 0) is 0 Å². The molecular formula is C16H13ClF8O. The van der Waals surface area contributed by atoms with Crippen LogP contribution in [-0.4, -0.2) is 28.9 Å². The molecule has 0 radical (unpaired) electrons. The molecule has 0 aromatic heterocycles. The molecule has 10 heteroatoms. The van der Waals surface area contributed by atoms with Crippen molar-refractivity contribution in [2.45, 2.75) is 42.4 Å². The first-order valence-corrected chi connectivity index (χ1v) is 7.55. The third kappa shape index (κ3) is 4.75. The van der Waals surface area contributed by atoms with Gasteiger partial charge in [-0.1, -0.05) is 42.5 Å². The lowest BCUT2D eigenvalue weighted by Gasteiger charge is -2.34. The number of Topliss-reactive ketones (excluding diaryl/α,β-unsaturated/α-hetero) is 1. The van der Waals surface area contributed by atoms with Crippen LogP contribution in [0.2, 0.25) is 0 Å². The maximum atomic E-state index is 13.3. The number of ketones is 1. The average Bonchev–Trinajstić information content (AvgIpc) is 2.53. The highest BCUT2D eigenvalue weighted by Crippen LogP contribution is 2.54. The summed E-state index contributed by atoms with van der Waals surface area (Å²) < 4.78 is 104. The molecule has 0 saturated heterocycles. The predicted octanol–water partition coefficient (Wildman–Crippen LogP) is 6.33. The van der Waals surface area contributed by atoms with Gasteiger partial charge in [-0.25, -0.2) is 0 Å². The number of hydrogen-bond acceptors (Lipinski definition) is 1. The SMILES string of the molecule is O=C(CCC=CCC(F)(F)C(F)(F)C(F)(F)C(F)(F)Cl)c1ccccc1. The molecule has 0 amide bonds. The van der Waals surface area contributed by atoms with Crippen molar-refractivity contribution in [1.29, 1.82) is 0 Å². The van der Waals surface area contributed by atoms with Crippen LogP contribution in [0.4, 0.5) is 35.1 Å². The normalized spacial score (nSPS) is 14.0. The van der Waals surface area contributed by atoms with Crippen LogP contribution in [0, 0.1) is 0 Å². The van der Waals surface area contributed by atoms with Crippen LogP contribution in [0.1, 0.15) is 29.6 Å². The van der Waals surface area contributed by atoms with Crippen LogP contribution >= 0.6 is 11.6 Å². The number of carbonyl (C=O) groups is 1. The highest BCUT2D eigenvalue weighted by atomic mass is 35.5. The molecule has 1 aromatic carbocycles. The van der Waals surface area contributed by atoms with Crippen LogP contribution in [0.25, 0.3) is 0 Å². The molecule has 0 atom stereocenters. The number of rotatable bonds is 9. The lowest BCUT2D eigenvalue weighted by Crippen LogP contribution is -2.60. The quantitative estimate of drug-likeness (QED) is 0.202. The molecule has 0 fully saturated rings. The molecule has 0 saturated carbocycles. The smallest absolute Gasteiger partial charge is 0.294 e. The Hall–Kier alpha value is -1.64. The molecule has 0 aliphatic carbocycles. The minimum absolute atomic E-state index is 0.128. The van der Waals surface area contributed by atoms with Crippen molar-refractivity contribution in [3.63, 3.8) is 0 Å². The van der Waals surface area contributed by atoms with Crippen molar-refractivity contribution in [3.05, 3.63) is 48.0 Å². The molecule has 0 unspecified atom stereocenters. The molecule has 146 valence electrons. The Morgan fingerprint density at radius 3 is 1.92 bits per heavy atom. The molecule has 0 spiro atoms. The van der Waals surface area contributed by atoms with E-state index in [1.54, 1.807) is 18.2 Å². The van der Waals surface area contributed by atoms with Crippen LogP contribution in [0.3, 0.4) is 0 Å². The Labute approximate surface area is 148 Å². The fourth-order valence-electron chi connectivity index (χ4n) is 1.87. The summed E-state index contributed by atoms with van der Waals surface area (Å²) in [6.07, 6.45) is -0.867. The summed E-state index contributed by atoms with van der Waals surface area (Å²) in [6, 6.07) is 7.88. The van der Waals surface area contributed by atoms with Gasteiger partial charge in [-0.2, -0.15) is 35.1 Å². The van der Waals surface area contributed by atoms with Crippen molar-refractivity contribution < 1.29 is 39.9 Å². The van der Waals surface area contributed by atoms with E-state index >= 15 is 0 Å². The van der Waals surface area contributed by atoms with Crippen molar-refractivity contribution in [2.24, 2.45) is 0 Å². The van der Waals surface area contributed by atoms with Gasteiger partial charge in [0.1, 0.15) is 0 Å². The third-order valence-corrected chi connectivity index (χ3v) is 3.62. The molecule has 0 aliphatic rings. The Bertz CT molecular complexity index is 637. The number of alkyl halides is 9. The Morgan fingerprint density at radius 2 is 1.42 bits per heavy atom. The molecule has 0 aliphatic heterocycles. The summed E-state index contributed by atoms with van der Waals surface area (Å²) >= 11 is 3.84. The van der Waals surface area contributed by atoms with Gasteiger partial charge in [0, 0.05) is 18.4 Å². The van der Waals surface area contributed by atoms with Gasteiger partial charge in [0.15, 0.2) is 5.78 Å². The van der Waals surface area contributed by atoms with Gasteiger partial charge in [-0.05, 0) is 18.0 Å². The average molecular weight is 409 g/mol. The number of allylic oxidation sites excluding steroid dienone is 2. The predicted molar refractivity (Wildman–Crippen MR) is 79.4 cm³/mol. The van der Waals surface area contributed by atoms with E-state index in [1.807, 2.05) is 0 Å². The summed E-state index contributed by atoms with van der Waals surface area (Å²) in [7, 11) is 0. The summed E-state index contributed by atoms with van der Waals surface area (Å²) in [5.41, 5.74) is 0.349. The van der Waals surface area contributed by atoms with Crippen LogP contribution < -0.4 is 0 Å². The minimum atomic E-state index is -6.46. The van der Waals surface area contributed by atoms with Crippen molar-refractivity contribution in [1.82, 2.24) is 0 Å². The number of benzene rings is 1. The van der Waals surface area contributed by atoms with E-state index in [0.717, 1.165) is 6.08 Å². The number of carbonyl (C=O) groups excluding carboxylic acids is 1. The Kier molecular flexibility index (Phi) is 6.84. The Morgan fingerprint density at radius 1 is 0.885 bits per heavy atom. The molecule has 1 aromatic rings. The standard InChI is InChI=1S/C16H13ClF8O/c17-16(24,25)15(22,23)14(20,21)13(18,19)10-6-2-5-9-12(26)11-7-3-1-4-8-11/h1-4,6-8H,5,9-10H2. The van der Waals surface area contributed by atoms with Gasteiger partial charge in [0.25, 0.3) is 0 Å². The minimum Gasteiger partial charge on any atom is -0.294 e. The third-order valence-electron chi connectivity index (χ3n) is 3.38. The van der Waals surface area contributed by atoms with E-state index in [4.69, 9.17) is 0 Å². The first-order chi connectivity index (χ1) is 11.7. The van der Waals surface area contributed by atoms with Crippen molar-refractivity contribution >= 4 is 17.4 Å². The number of hydrogen-bond donors (Lipinski definition) is 0. The maximum absolute atomic E-state index is 13.3. The molecule has 26 heavy (non-hydrogen) atoms. The van der Waals surface area contributed by atoms with E-state index in [-0.39, 0.29) is 18.6 Å². The zero-order chi connectivity index (χ0) is 20.2. The van der Waals surface area contributed by atoms with Crippen LogP contribution in [0.5, 0.6) is 0 Å². The second-order valence-corrected chi connectivity index (χ2v) is 5.83. The van der Waals surface area contributed by atoms with Crippen molar-refractivity contribution in [3.8, 4) is 0 Å². The van der Waals surface area contributed by atoms with E-state index in [2.05, 4.69) is 11.6 Å². The van der Waals surface area contributed by atoms with E-state index < -0.39 is 29.6 Å². The largest absolute Gasteiger partial charge is 0.392 e. The maximum Gasteiger partial charge on any atom is 0.392 e. The van der Waals surface area contributed by atoms with Crippen LogP contribution in [0.15, 0.2) is 42.5 Å². The first-order valence-electron chi connectivity index (χ1n) is 7.17. The molecule has 0 N–H and O–H groups in total. The summed E-state index contributed by atoms with van der Waals surface area (Å²) in [5, 5.41) is -5.86. The molecule has 0 bridgehead atoms. The molecule has 1 rings (SSSR count). The summed E-state index contributed by atoms with van der Waals surface area (Å²) in [6.45, 7) is 0. The Balaban J connectivity index is 2.67. The van der Waals surface area contributed by atoms with Gasteiger partial charge in [-0.15, -0.1) is 0 Å². The van der Waals surface area contributed by atoms with Gasteiger partial charge in [0.05, 0.1) is 0 Å². The highest BCUT2D eigenvalue weighted by molar-refractivity contribution is 6.22. The molecule has 1 nitrogen and oxygen atoms in total. The molecule has 0 heterocycles. The zero-order valence-electron chi connectivity index (χ0n) is 13.0. The summed E-state index contributed by atoms with van der Waals surface area (Å²) in [5.74, 6) is -18.7. The van der Waals surface area contributed by atoms with Gasteiger partial charge in [-0.3, -0.25) is 4.79 Å². The van der Waals surface area contributed by atoms with Gasteiger partial charge >= 0.3 is 23.1 Å². The van der Waals surface area contributed by atoms with E-state index in [1.165, 1.54) is 12.1 Å². The first kappa shape index (κ1) is 22.4. The number of halogens is 9. The topological polar surface area (TPSA) is 17.1 Å². The highest BCUT2D eigenvalue weighted by Gasteiger charge is 2.79. The lowest BCUT2D eigenvalue weighted by atomic mass is 10.0. The van der Waals surface area contributed by atoms with E-state index in [0.29, 0.717) is 11.6 Å². The van der Waals surface area contributed by atoms with E-state index in [9.17, 15) is 39.9 Å². The fraction of sp³-hybridized carbons (Fsp3) is 0.438. The van der Waals surface area contributed by atoms with Crippen molar-refractivity contribution in [2.75, 3.05) is 0 Å². The second kappa shape index (κ2) is 7.94. The molecular weight excluding hydrogens is 396 g/mol. The fourth-order valence-corrected chi connectivity index (χ4v) is 1.99. The van der Waals surface area contributed by atoms with Gasteiger partial charge < -0.3 is 0 Å². The second-order valence-electron chi connectivity index (χ2n) is 5.35. The summed E-state index contributed by atoms with van der Waals surface area (Å²) in [4.78, 5) is 11.7. The zero-order valence-corrected chi connectivity index (χ0v) is 13.7. The monoisotopic (exact) mass is 408 g/mol.